The number of hydrogen-bond acceptors (Lipinski definition) is 4. The third-order valence-corrected chi connectivity index (χ3v) is 4.82. The van der Waals surface area contributed by atoms with Gasteiger partial charge in [-0.05, 0) is 24.7 Å². The summed E-state index contributed by atoms with van der Waals surface area (Å²) in [4.78, 5) is 8.85. The van der Waals surface area contributed by atoms with E-state index in [1.807, 2.05) is 31.6 Å². The van der Waals surface area contributed by atoms with E-state index < -0.39 is 0 Å². The van der Waals surface area contributed by atoms with Gasteiger partial charge in [-0.1, -0.05) is 12.1 Å². The molecule has 9 heteroatoms. The molecule has 0 spiro atoms. The second kappa shape index (κ2) is 11.5. The molecule has 0 radical (unpaired) electrons. The summed E-state index contributed by atoms with van der Waals surface area (Å²) in [6.07, 6.45) is 3.85. The van der Waals surface area contributed by atoms with Crippen LogP contribution in [0.25, 0.3) is 0 Å². The van der Waals surface area contributed by atoms with E-state index in [1.165, 1.54) is 12.1 Å². The van der Waals surface area contributed by atoms with Crippen molar-refractivity contribution in [2.45, 2.75) is 12.6 Å². The number of aromatic nitrogens is 2. The molecule has 1 saturated heterocycles. The summed E-state index contributed by atoms with van der Waals surface area (Å²) in [6, 6.07) is 6.65. The van der Waals surface area contributed by atoms with Gasteiger partial charge in [0.15, 0.2) is 5.96 Å². The van der Waals surface area contributed by atoms with Crippen LogP contribution in [0.3, 0.4) is 0 Å². The van der Waals surface area contributed by atoms with Crippen molar-refractivity contribution in [2.75, 3.05) is 46.9 Å². The minimum Gasteiger partial charge on any atom is -0.370 e. The van der Waals surface area contributed by atoms with Crippen LogP contribution in [0, 0.1) is 5.82 Å². The minimum absolute atomic E-state index is 0. The fourth-order valence-corrected chi connectivity index (χ4v) is 3.32. The van der Waals surface area contributed by atoms with E-state index in [0.29, 0.717) is 6.61 Å². The number of aliphatic imine (C=N–C) groups is 1. The normalized spacial score (nSPS) is 17.3. The van der Waals surface area contributed by atoms with Crippen molar-refractivity contribution in [2.24, 2.45) is 12.0 Å². The summed E-state index contributed by atoms with van der Waals surface area (Å²) in [5, 5.41) is 7.68. The molecule has 1 atom stereocenters. The van der Waals surface area contributed by atoms with E-state index in [0.717, 1.165) is 49.8 Å². The summed E-state index contributed by atoms with van der Waals surface area (Å²) in [5.74, 6) is 0.680. The highest BCUT2D eigenvalue weighted by Gasteiger charge is 2.25. The number of rotatable bonds is 6. The van der Waals surface area contributed by atoms with E-state index in [1.54, 1.807) is 11.7 Å². The standard InChI is InChI=1S/C20H29FN6O.HI/c1-22-20(23-8-9-25(2)13-16-4-6-18(21)7-5-16)27-10-11-28-19(15-27)17-12-24-26(3)14-17;/h4-7,12,14,19H,8-11,13,15H2,1-3H3,(H,22,23);1H. The molecule has 1 aromatic heterocycles. The van der Waals surface area contributed by atoms with E-state index in [-0.39, 0.29) is 35.9 Å². The van der Waals surface area contributed by atoms with Crippen LogP contribution >= 0.6 is 24.0 Å². The van der Waals surface area contributed by atoms with Gasteiger partial charge >= 0.3 is 0 Å². The Balaban J connectivity index is 0.00000300. The summed E-state index contributed by atoms with van der Waals surface area (Å²) < 4.78 is 20.7. The molecule has 1 aromatic carbocycles. The molecule has 1 fully saturated rings. The zero-order chi connectivity index (χ0) is 19.9. The number of nitrogens with zero attached hydrogens (tertiary/aromatic N) is 5. The number of guanidine groups is 1. The maximum atomic E-state index is 13.0. The van der Waals surface area contributed by atoms with Gasteiger partial charge in [0.2, 0.25) is 0 Å². The molecular formula is C20H30FIN6O. The van der Waals surface area contributed by atoms with E-state index in [4.69, 9.17) is 4.74 Å². The first-order chi connectivity index (χ1) is 13.5. The first-order valence-electron chi connectivity index (χ1n) is 9.54. The van der Waals surface area contributed by atoms with Crippen LogP contribution in [0.4, 0.5) is 4.39 Å². The first-order valence-corrected chi connectivity index (χ1v) is 9.54. The molecule has 1 N–H and O–H groups in total. The van der Waals surface area contributed by atoms with Gasteiger partial charge < -0.3 is 19.9 Å². The number of hydrogen-bond donors (Lipinski definition) is 1. The maximum Gasteiger partial charge on any atom is 0.193 e. The van der Waals surface area contributed by atoms with Crippen molar-refractivity contribution in [3.05, 3.63) is 53.6 Å². The summed E-state index contributed by atoms with van der Waals surface area (Å²) >= 11 is 0. The number of morpholine rings is 1. The predicted molar refractivity (Wildman–Crippen MR) is 123 cm³/mol. The molecule has 1 aliphatic heterocycles. The molecule has 0 bridgehead atoms. The van der Waals surface area contributed by atoms with Crippen LogP contribution in [0.5, 0.6) is 0 Å². The van der Waals surface area contributed by atoms with Gasteiger partial charge in [-0.25, -0.2) is 4.39 Å². The molecule has 160 valence electrons. The number of benzene rings is 1. The third-order valence-electron chi connectivity index (χ3n) is 4.82. The van der Waals surface area contributed by atoms with Crippen molar-refractivity contribution < 1.29 is 9.13 Å². The van der Waals surface area contributed by atoms with Gasteiger partial charge in [0, 0.05) is 52.0 Å². The number of nitrogens with one attached hydrogen (secondary N) is 1. The number of halogens is 2. The summed E-state index contributed by atoms with van der Waals surface area (Å²) in [5.41, 5.74) is 2.18. The molecule has 2 heterocycles. The second-order valence-electron chi connectivity index (χ2n) is 7.09. The van der Waals surface area contributed by atoms with Crippen LogP contribution < -0.4 is 5.32 Å². The van der Waals surface area contributed by atoms with Gasteiger partial charge in [0.05, 0.1) is 19.3 Å². The van der Waals surface area contributed by atoms with E-state index in [9.17, 15) is 4.39 Å². The van der Waals surface area contributed by atoms with E-state index in [2.05, 4.69) is 32.3 Å². The van der Waals surface area contributed by atoms with Crippen LogP contribution in [-0.4, -0.2) is 72.4 Å². The Hall–Kier alpha value is -1.72. The minimum atomic E-state index is -0.202. The summed E-state index contributed by atoms with van der Waals surface area (Å²) in [7, 11) is 5.77. The van der Waals surface area contributed by atoms with Crippen molar-refractivity contribution in [3.8, 4) is 0 Å². The van der Waals surface area contributed by atoms with Crippen molar-refractivity contribution in [1.29, 1.82) is 0 Å². The Morgan fingerprint density at radius 2 is 2.14 bits per heavy atom. The molecule has 29 heavy (non-hydrogen) atoms. The molecular weight excluding hydrogens is 486 g/mol. The smallest absolute Gasteiger partial charge is 0.193 e. The summed E-state index contributed by atoms with van der Waals surface area (Å²) in [6.45, 7) is 4.62. The van der Waals surface area contributed by atoms with Crippen LogP contribution in [-0.2, 0) is 18.3 Å². The lowest BCUT2D eigenvalue weighted by Gasteiger charge is -2.35. The van der Waals surface area contributed by atoms with Gasteiger partial charge in [-0.15, -0.1) is 24.0 Å². The van der Waals surface area contributed by atoms with Gasteiger partial charge in [0.25, 0.3) is 0 Å². The lowest BCUT2D eigenvalue weighted by Crippen LogP contribution is -2.49. The van der Waals surface area contributed by atoms with Gasteiger partial charge in [-0.2, -0.15) is 5.10 Å². The zero-order valence-corrected chi connectivity index (χ0v) is 19.5. The molecule has 1 aliphatic rings. The monoisotopic (exact) mass is 516 g/mol. The Morgan fingerprint density at radius 1 is 1.38 bits per heavy atom. The Labute approximate surface area is 188 Å². The Bertz CT molecular complexity index is 782. The Kier molecular flexibility index (Phi) is 9.31. The van der Waals surface area contributed by atoms with Crippen LogP contribution in [0.15, 0.2) is 41.7 Å². The van der Waals surface area contributed by atoms with Gasteiger partial charge in [0.1, 0.15) is 11.9 Å². The number of ether oxygens (including phenoxy) is 1. The number of aryl methyl sites for hydroxylation is 1. The molecule has 3 rings (SSSR count). The average molecular weight is 516 g/mol. The zero-order valence-electron chi connectivity index (χ0n) is 17.2. The fourth-order valence-electron chi connectivity index (χ4n) is 3.32. The van der Waals surface area contributed by atoms with Crippen molar-refractivity contribution in [1.82, 2.24) is 24.9 Å². The highest BCUT2D eigenvalue weighted by molar-refractivity contribution is 14.0. The molecule has 0 amide bonds. The molecule has 7 nitrogen and oxygen atoms in total. The van der Waals surface area contributed by atoms with Crippen LogP contribution in [0.2, 0.25) is 0 Å². The second-order valence-corrected chi connectivity index (χ2v) is 7.09. The number of likely N-dealkylation sites (N-methyl/N-ethyl adjacent to an activating group) is 1. The largest absolute Gasteiger partial charge is 0.370 e. The van der Waals surface area contributed by atoms with Crippen molar-refractivity contribution >= 4 is 29.9 Å². The SMILES string of the molecule is CN=C(NCCN(C)Cc1ccc(F)cc1)N1CCOC(c2cnn(C)c2)C1.I. The molecule has 0 aliphatic carbocycles. The predicted octanol–water partition coefficient (Wildman–Crippen LogP) is 2.26. The average Bonchev–Trinajstić information content (AvgIpc) is 3.14. The molecule has 0 saturated carbocycles. The molecule has 2 aromatic rings. The van der Waals surface area contributed by atoms with Gasteiger partial charge in [-0.3, -0.25) is 9.67 Å². The Morgan fingerprint density at radius 3 is 2.79 bits per heavy atom. The lowest BCUT2D eigenvalue weighted by atomic mass is 10.1. The highest BCUT2D eigenvalue weighted by atomic mass is 127. The fraction of sp³-hybridized carbons (Fsp3) is 0.500. The topological polar surface area (TPSA) is 57.9 Å². The maximum absolute atomic E-state index is 13.0. The van der Waals surface area contributed by atoms with Crippen LogP contribution in [0.1, 0.15) is 17.2 Å². The quantitative estimate of drug-likeness (QED) is 0.363. The third kappa shape index (κ3) is 6.93. The lowest BCUT2D eigenvalue weighted by molar-refractivity contribution is -0.00804. The first kappa shape index (κ1) is 23.6. The van der Waals surface area contributed by atoms with Crippen molar-refractivity contribution in [3.63, 3.8) is 0 Å². The molecule has 1 unspecified atom stereocenters. The van der Waals surface area contributed by atoms with E-state index >= 15 is 0 Å². The highest BCUT2D eigenvalue weighted by Crippen LogP contribution is 2.21.